The Bertz CT molecular complexity index is 1930. The highest BCUT2D eigenvalue weighted by Gasteiger charge is 2.27. The molecule has 11 heteroatoms. The van der Waals surface area contributed by atoms with Crippen molar-refractivity contribution in [1.29, 1.82) is 5.41 Å². The van der Waals surface area contributed by atoms with Crippen molar-refractivity contribution in [1.82, 2.24) is 14.0 Å². The lowest BCUT2D eigenvalue weighted by atomic mass is 9.95. The highest BCUT2D eigenvalue weighted by Crippen LogP contribution is 2.38. The van der Waals surface area contributed by atoms with E-state index in [1.807, 2.05) is 30.3 Å². The Morgan fingerprint density at radius 3 is 2.63 bits per heavy atom. The third kappa shape index (κ3) is 4.94. The Morgan fingerprint density at radius 2 is 1.83 bits per heavy atom. The lowest BCUT2D eigenvalue weighted by molar-refractivity contribution is 0.102. The quantitative estimate of drug-likeness (QED) is 0.253. The number of rotatable bonds is 7. The molecule has 0 saturated carbocycles. The van der Waals surface area contributed by atoms with E-state index in [0.717, 1.165) is 36.1 Å². The minimum atomic E-state index is -0.576. The molecule has 0 aliphatic heterocycles. The van der Waals surface area contributed by atoms with Crippen molar-refractivity contribution in [2.45, 2.75) is 32.2 Å². The van der Waals surface area contributed by atoms with Gasteiger partial charge in [-0.3, -0.25) is 24.2 Å². The van der Waals surface area contributed by atoms with Gasteiger partial charge >= 0.3 is 0 Å². The second kappa shape index (κ2) is 11.1. The number of carbonyl (C=O) groups excluding carboxylic acids is 2. The number of methoxy groups -OCH3 is 1. The van der Waals surface area contributed by atoms with Gasteiger partial charge in [0, 0.05) is 30.4 Å². The van der Waals surface area contributed by atoms with Gasteiger partial charge in [0.25, 0.3) is 17.4 Å². The summed E-state index contributed by atoms with van der Waals surface area (Å²) >= 11 is 1.40. The number of hydrogen-bond donors (Lipinski definition) is 3. The average molecular weight is 569 g/mol. The van der Waals surface area contributed by atoms with E-state index in [4.69, 9.17) is 10.1 Å². The summed E-state index contributed by atoms with van der Waals surface area (Å²) in [5.41, 5.74) is 2.36. The van der Waals surface area contributed by atoms with E-state index in [9.17, 15) is 14.4 Å². The van der Waals surface area contributed by atoms with E-state index in [1.54, 1.807) is 31.5 Å². The van der Waals surface area contributed by atoms with Crippen LogP contribution in [0, 0.1) is 5.41 Å². The zero-order chi connectivity index (χ0) is 28.5. The number of aromatic nitrogens is 3. The number of para-hydroxylation sites is 1. The molecule has 3 N–H and O–H groups in total. The number of ether oxygens (including phenoxy) is 1. The van der Waals surface area contributed by atoms with Gasteiger partial charge in [-0.1, -0.05) is 24.3 Å². The molecule has 1 aliphatic rings. The topological polar surface area (TPSA) is 131 Å². The number of nitrogens with zero attached hydrogens (tertiary/aromatic N) is 3. The first-order valence-electron chi connectivity index (χ1n) is 13.4. The van der Waals surface area contributed by atoms with E-state index in [2.05, 4.69) is 15.6 Å². The van der Waals surface area contributed by atoms with E-state index in [0.29, 0.717) is 27.5 Å². The second-order valence-electron chi connectivity index (χ2n) is 9.82. The van der Waals surface area contributed by atoms with Crippen molar-refractivity contribution in [3.05, 3.63) is 98.2 Å². The first-order valence-corrected chi connectivity index (χ1v) is 14.2. The van der Waals surface area contributed by atoms with Gasteiger partial charge in [-0.05, 0) is 61.6 Å². The van der Waals surface area contributed by atoms with E-state index < -0.39 is 5.91 Å². The van der Waals surface area contributed by atoms with Gasteiger partial charge < -0.3 is 19.9 Å². The summed E-state index contributed by atoms with van der Waals surface area (Å²) < 4.78 is 8.17. The van der Waals surface area contributed by atoms with Crippen molar-refractivity contribution < 1.29 is 14.3 Å². The van der Waals surface area contributed by atoms with Gasteiger partial charge in [-0.2, -0.15) is 0 Å². The molecule has 1 aliphatic carbocycles. The SMILES string of the molecule is COCCn1c(=N)c(C(=O)Nc2sc3c(c2C(=O)Nc2ccccc2)CCCC3)cc2c(=O)n3ccccc3nc21. The molecule has 10 nitrogen and oxygen atoms in total. The van der Waals surface area contributed by atoms with Crippen LogP contribution in [0.15, 0.2) is 65.6 Å². The number of pyridine rings is 2. The molecule has 0 fully saturated rings. The van der Waals surface area contributed by atoms with Crippen LogP contribution in [0.4, 0.5) is 10.7 Å². The number of nitrogens with one attached hydrogen (secondary N) is 3. The molecule has 0 radical (unpaired) electrons. The molecule has 4 aromatic heterocycles. The molecule has 5 aromatic rings. The Hall–Kier alpha value is -4.61. The maximum atomic E-state index is 13.8. The molecule has 41 heavy (non-hydrogen) atoms. The van der Waals surface area contributed by atoms with Crippen LogP contribution in [0.25, 0.3) is 16.7 Å². The van der Waals surface area contributed by atoms with Gasteiger partial charge in [-0.25, -0.2) is 4.98 Å². The Labute approximate surface area is 238 Å². The molecule has 0 atom stereocenters. The minimum absolute atomic E-state index is 0.00386. The number of benzene rings is 1. The number of fused-ring (bicyclic) bond motifs is 3. The maximum Gasteiger partial charge on any atom is 0.267 e. The van der Waals surface area contributed by atoms with Crippen LogP contribution in [-0.2, 0) is 24.1 Å². The van der Waals surface area contributed by atoms with Crippen LogP contribution in [0.3, 0.4) is 0 Å². The average Bonchev–Trinajstić information content (AvgIpc) is 3.35. The van der Waals surface area contributed by atoms with Crippen molar-refractivity contribution in [2.75, 3.05) is 24.4 Å². The molecule has 2 amide bonds. The van der Waals surface area contributed by atoms with Crippen LogP contribution in [0.5, 0.6) is 0 Å². The number of anilines is 2. The number of hydrogen-bond acceptors (Lipinski definition) is 7. The Balaban J connectivity index is 1.44. The van der Waals surface area contributed by atoms with Crippen LogP contribution in [0.1, 0.15) is 44.0 Å². The third-order valence-electron chi connectivity index (χ3n) is 7.24. The summed E-state index contributed by atoms with van der Waals surface area (Å²) in [7, 11) is 1.54. The summed E-state index contributed by atoms with van der Waals surface area (Å²) in [6.45, 7) is 0.481. The van der Waals surface area contributed by atoms with Gasteiger partial charge in [-0.15, -0.1) is 11.3 Å². The van der Waals surface area contributed by atoms with E-state index >= 15 is 0 Å². The molecule has 208 valence electrons. The van der Waals surface area contributed by atoms with Gasteiger partial charge in [0.1, 0.15) is 21.8 Å². The first-order chi connectivity index (χ1) is 20.0. The van der Waals surface area contributed by atoms with Crippen LogP contribution in [0.2, 0.25) is 0 Å². The fourth-order valence-corrected chi connectivity index (χ4v) is 6.52. The summed E-state index contributed by atoms with van der Waals surface area (Å²) in [6.07, 6.45) is 5.20. The lowest BCUT2D eigenvalue weighted by Gasteiger charge is -2.15. The number of thiophene rings is 1. The van der Waals surface area contributed by atoms with Crippen LogP contribution < -0.4 is 21.7 Å². The summed E-state index contributed by atoms with van der Waals surface area (Å²) in [5.74, 6) is -0.868. The first kappa shape index (κ1) is 26.6. The predicted octanol–water partition coefficient (Wildman–Crippen LogP) is 4.22. The normalized spacial score (nSPS) is 12.8. The zero-order valence-electron chi connectivity index (χ0n) is 22.4. The largest absolute Gasteiger partial charge is 0.383 e. The summed E-state index contributed by atoms with van der Waals surface area (Å²) in [4.78, 5) is 46.5. The molecule has 0 spiro atoms. The maximum absolute atomic E-state index is 13.8. The molecule has 0 unspecified atom stereocenters. The summed E-state index contributed by atoms with van der Waals surface area (Å²) in [5, 5.41) is 15.4. The standard InChI is InChI=1S/C30H28N6O4S/c1-40-16-15-36-25(31)20(17-21-26(36)33-23-13-7-8-14-35(23)30(21)39)27(37)34-29-24(19-11-5-6-12-22(19)41-29)28(38)32-18-9-3-2-4-10-18/h2-4,7-10,13-14,17,31H,5-6,11-12,15-16H2,1H3,(H,32,38)(H,34,37). The number of aryl methyl sites for hydroxylation is 1. The van der Waals surface area contributed by atoms with E-state index in [-0.39, 0.29) is 41.1 Å². The number of amides is 2. The van der Waals surface area contributed by atoms with Crippen molar-refractivity contribution in [2.24, 2.45) is 0 Å². The van der Waals surface area contributed by atoms with Crippen molar-refractivity contribution >= 4 is 50.5 Å². The van der Waals surface area contributed by atoms with E-state index in [1.165, 1.54) is 26.4 Å². The highest BCUT2D eigenvalue weighted by atomic mass is 32.1. The van der Waals surface area contributed by atoms with Crippen molar-refractivity contribution in [3.63, 3.8) is 0 Å². The lowest BCUT2D eigenvalue weighted by Crippen LogP contribution is -2.33. The van der Waals surface area contributed by atoms with Gasteiger partial charge in [0.05, 0.1) is 23.1 Å². The predicted molar refractivity (Wildman–Crippen MR) is 158 cm³/mol. The van der Waals surface area contributed by atoms with Gasteiger partial charge in [0.2, 0.25) is 0 Å². The van der Waals surface area contributed by atoms with Crippen molar-refractivity contribution in [3.8, 4) is 0 Å². The van der Waals surface area contributed by atoms with Crippen LogP contribution >= 0.6 is 11.3 Å². The number of carbonyl (C=O) groups is 2. The molecule has 0 bridgehead atoms. The molecular formula is C30H28N6O4S. The molecule has 0 saturated heterocycles. The Morgan fingerprint density at radius 1 is 1.05 bits per heavy atom. The minimum Gasteiger partial charge on any atom is -0.383 e. The fraction of sp³-hybridized carbons (Fsp3) is 0.233. The van der Waals surface area contributed by atoms with Gasteiger partial charge in [0.15, 0.2) is 0 Å². The monoisotopic (exact) mass is 568 g/mol. The molecule has 6 rings (SSSR count). The fourth-order valence-electron chi connectivity index (χ4n) is 5.24. The zero-order valence-corrected chi connectivity index (χ0v) is 23.2. The molecule has 4 heterocycles. The molecular weight excluding hydrogens is 540 g/mol. The Kier molecular flexibility index (Phi) is 7.21. The summed E-state index contributed by atoms with van der Waals surface area (Å²) in [6, 6.07) is 15.8. The second-order valence-corrected chi connectivity index (χ2v) is 10.9. The third-order valence-corrected chi connectivity index (χ3v) is 8.45. The smallest absolute Gasteiger partial charge is 0.267 e. The molecule has 1 aromatic carbocycles. The highest BCUT2D eigenvalue weighted by molar-refractivity contribution is 7.17. The van der Waals surface area contributed by atoms with Crippen LogP contribution in [-0.4, -0.2) is 39.5 Å².